The van der Waals surface area contributed by atoms with Crippen LogP contribution >= 0.6 is 0 Å². The lowest BCUT2D eigenvalue weighted by molar-refractivity contribution is 0.275. The smallest absolute Gasteiger partial charge is 0.128 e. The van der Waals surface area contributed by atoms with E-state index in [4.69, 9.17) is 10.8 Å². The van der Waals surface area contributed by atoms with Gasteiger partial charge in [-0.25, -0.2) is 4.39 Å². The van der Waals surface area contributed by atoms with Crippen molar-refractivity contribution in [3.05, 3.63) is 35.1 Å². The summed E-state index contributed by atoms with van der Waals surface area (Å²) >= 11 is 0. The Morgan fingerprint density at radius 2 is 2.23 bits per heavy atom. The van der Waals surface area contributed by atoms with E-state index in [-0.39, 0.29) is 18.5 Å². The molecular weight excluding hydrogens is 169 g/mol. The molecule has 0 saturated carbocycles. The minimum Gasteiger partial charge on any atom is -0.392 e. The van der Waals surface area contributed by atoms with E-state index in [1.54, 1.807) is 12.1 Å². The Morgan fingerprint density at radius 3 is 2.77 bits per heavy atom. The zero-order chi connectivity index (χ0) is 9.84. The third kappa shape index (κ3) is 2.79. The maximum absolute atomic E-state index is 12.9. The molecule has 0 radical (unpaired) electrons. The second kappa shape index (κ2) is 4.35. The Kier molecular flexibility index (Phi) is 3.39. The van der Waals surface area contributed by atoms with E-state index in [2.05, 4.69) is 0 Å². The van der Waals surface area contributed by atoms with Crippen molar-refractivity contribution >= 4 is 0 Å². The van der Waals surface area contributed by atoms with E-state index >= 15 is 0 Å². The molecule has 1 atom stereocenters. The minimum atomic E-state index is -0.365. The molecule has 2 nitrogen and oxygen atoms in total. The first-order chi connectivity index (χ1) is 6.13. The molecule has 0 saturated heterocycles. The van der Waals surface area contributed by atoms with Crippen molar-refractivity contribution in [2.24, 2.45) is 5.73 Å². The van der Waals surface area contributed by atoms with E-state index in [0.717, 1.165) is 5.56 Å². The quantitative estimate of drug-likeness (QED) is 0.739. The Hall–Kier alpha value is -0.930. The SMILES string of the molecule is C[C@@H](N)Cc1ccc(F)c(CO)c1. The molecule has 0 fully saturated rings. The molecule has 0 aliphatic heterocycles. The number of halogens is 1. The van der Waals surface area contributed by atoms with Gasteiger partial charge in [0, 0.05) is 11.6 Å². The number of benzene rings is 1. The highest BCUT2D eigenvalue weighted by Crippen LogP contribution is 2.11. The highest BCUT2D eigenvalue weighted by atomic mass is 19.1. The van der Waals surface area contributed by atoms with Gasteiger partial charge in [0.1, 0.15) is 5.82 Å². The third-order valence-corrected chi connectivity index (χ3v) is 1.84. The average Bonchev–Trinajstić information content (AvgIpc) is 2.07. The zero-order valence-corrected chi connectivity index (χ0v) is 7.63. The third-order valence-electron chi connectivity index (χ3n) is 1.84. The predicted octanol–water partition coefficient (Wildman–Crippen LogP) is 1.21. The summed E-state index contributed by atoms with van der Waals surface area (Å²) < 4.78 is 12.9. The summed E-state index contributed by atoms with van der Waals surface area (Å²) in [7, 11) is 0. The first-order valence-electron chi connectivity index (χ1n) is 4.27. The van der Waals surface area contributed by atoms with E-state index in [9.17, 15) is 4.39 Å². The second-order valence-electron chi connectivity index (χ2n) is 3.27. The molecule has 0 aliphatic rings. The maximum Gasteiger partial charge on any atom is 0.128 e. The number of hydrogen-bond acceptors (Lipinski definition) is 2. The van der Waals surface area contributed by atoms with Gasteiger partial charge < -0.3 is 10.8 Å². The van der Waals surface area contributed by atoms with Crippen molar-refractivity contribution in [3.8, 4) is 0 Å². The first kappa shape index (κ1) is 10.2. The Balaban J connectivity index is 2.86. The summed E-state index contributed by atoms with van der Waals surface area (Å²) in [6.45, 7) is 1.63. The standard InChI is InChI=1S/C10H14FNO/c1-7(12)4-8-2-3-10(11)9(5-8)6-13/h2-3,5,7,13H,4,6,12H2,1H3/t7-/m1/s1. The Labute approximate surface area is 77.2 Å². The van der Waals surface area contributed by atoms with Crippen LogP contribution in [0.4, 0.5) is 4.39 Å². The molecule has 3 heteroatoms. The van der Waals surface area contributed by atoms with Gasteiger partial charge in [0.2, 0.25) is 0 Å². The Bertz CT molecular complexity index is 286. The van der Waals surface area contributed by atoms with Crippen LogP contribution in [0.15, 0.2) is 18.2 Å². The van der Waals surface area contributed by atoms with Crippen molar-refractivity contribution in [2.75, 3.05) is 0 Å². The molecular formula is C10H14FNO. The molecule has 1 aromatic carbocycles. The fraction of sp³-hybridized carbons (Fsp3) is 0.400. The van der Waals surface area contributed by atoms with Gasteiger partial charge in [-0.05, 0) is 25.0 Å². The molecule has 0 aliphatic carbocycles. The van der Waals surface area contributed by atoms with Gasteiger partial charge >= 0.3 is 0 Å². The summed E-state index contributed by atoms with van der Waals surface area (Å²) in [4.78, 5) is 0. The number of rotatable bonds is 3. The van der Waals surface area contributed by atoms with Gasteiger partial charge in [0.15, 0.2) is 0 Å². The average molecular weight is 183 g/mol. The van der Waals surface area contributed by atoms with E-state index in [1.807, 2.05) is 6.92 Å². The van der Waals surface area contributed by atoms with Gasteiger partial charge in [0.25, 0.3) is 0 Å². The van der Waals surface area contributed by atoms with Crippen molar-refractivity contribution < 1.29 is 9.50 Å². The predicted molar refractivity (Wildman–Crippen MR) is 49.7 cm³/mol. The molecule has 3 N–H and O–H groups in total. The topological polar surface area (TPSA) is 46.2 Å². The van der Waals surface area contributed by atoms with Crippen LogP contribution in [0.2, 0.25) is 0 Å². The van der Waals surface area contributed by atoms with Gasteiger partial charge in [0.05, 0.1) is 6.61 Å². The van der Waals surface area contributed by atoms with Crippen molar-refractivity contribution in [1.82, 2.24) is 0 Å². The van der Waals surface area contributed by atoms with Gasteiger partial charge in [-0.15, -0.1) is 0 Å². The lowest BCUT2D eigenvalue weighted by Crippen LogP contribution is -2.17. The van der Waals surface area contributed by atoms with E-state index in [1.165, 1.54) is 6.07 Å². The van der Waals surface area contributed by atoms with Crippen molar-refractivity contribution in [1.29, 1.82) is 0 Å². The molecule has 0 spiro atoms. The summed E-state index contributed by atoms with van der Waals surface area (Å²) in [5.41, 5.74) is 6.89. The zero-order valence-electron chi connectivity index (χ0n) is 7.63. The molecule has 72 valence electrons. The van der Waals surface area contributed by atoms with E-state index in [0.29, 0.717) is 12.0 Å². The maximum atomic E-state index is 12.9. The first-order valence-corrected chi connectivity index (χ1v) is 4.27. The lowest BCUT2D eigenvalue weighted by atomic mass is 10.0. The van der Waals surface area contributed by atoms with Crippen LogP contribution < -0.4 is 5.73 Å². The van der Waals surface area contributed by atoms with Crippen molar-refractivity contribution in [3.63, 3.8) is 0 Å². The fourth-order valence-electron chi connectivity index (χ4n) is 1.25. The molecule has 0 aromatic heterocycles. The van der Waals surface area contributed by atoms with Crippen LogP contribution in [0.1, 0.15) is 18.1 Å². The van der Waals surface area contributed by atoms with Gasteiger partial charge in [-0.1, -0.05) is 12.1 Å². The summed E-state index contributed by atoms with van der Waals surface area (Å²) in [6.07, 6.45) is 0.702. The van der Waals surface area contributed by atoms with Crippen LogP contribution in [-0.4, -0.2) is 11.1 Å². The van der Waals surface area contributed by atoms with Crippen LogP contribution in [0.3, 0.4) is 0 Å². The lowest BCUT2D eigenvalue weighted by Gasteiger charge is -2.07. The summed E-state index contributed by atoms with van der Waals surface area (Å²) in [5, 5.41) is 8.81. The number of nitrogens with two attached hydrogens (primary N) is 1. The summed E-state index contributed by atoms with van der Waals surface area (Å²) in [6, 6.07) is 4.76. The van der Waals surface area contributed by atoms with Crippen molar-refractivity contribution in [2.45, 2.75) is 26.0 Å². The largest absolute Gasteiger partial charge is 0.392 e. The van der Waals surface area contributed by atoms with Crippen LogP contribution in [0.5, 0.6) is 0 Å². The normalized spacial score (nSPS) is 12.9. The molecule has 13 heavy (non-hydrogen) atoms. The summed E-state index contributed by atoms with van der Waals surface area (Å²) in [5.74, 6) is -0.365. The van der Waals surface area contributed by atoms with Crippen LogP contribution in [0, 0.1) is 5.82 Å². The monoisotopic (exact) mass is 183 g/mol. The highest BCUT2D eigenvalue weighted by molar-refractivity contribution is 5.25. The molecule has 1 aromatic rings. The second-order valence-corrected chi connectivity index (χ2v) is 3.27. The molecule has 0 bridgehead atoms. The number of aliphatic hydroxyl groups excluding tert-OH is 1. The molecule has 0 amide bonds. The van der Waals surface area contributed by atoms with E-state index < -0.39 is 0 Å². The molecule has 1 rings (SSSR count). The minimum absolute atomic E-state index is 0.0528. The number of hydrogen-bond donors (Lipinski definition) is 2. The molecule has 0 unspecified atom stereocenters. The fourth-order valence-corrected chi connectivity index (χ4v) is 1.25. The van der Waals surface area contributed by atoms with Gasteiger partial charge in [-0.3, -0.25) is 0 Å². The van der Waals surface area contributed by atoms with Gasteiger partial charge in [-0.2, -0.15) is 0 Å². The Morgan fingerprint density at radius 1 is 1.54 bits per heavy atom. The molecule has 0 heterocycles. The highest BCUT2D eigenvalue weighted by Gasteiger charge is 2.03. The van der Waals surface area contributed by atoms with Crippen LogP contribution in [-0.2, 0) is 13.0 Å². The number of aliphatic hydroxyl groups is 1. The van der Waals surface area contributed by atoms with Crippen LogP contribution in [0.25, 0.3) is 0 Å².